The van der Waals surface area contributed by atoms with E-state index >= 15 is 0 Å². The van der Waals surface area contributed by atoms with Crippen LogP contribution in [0.2, 0.25) is 0 Å². The molecule has 0 aromatic heterocycles. The van der Waals surface area contributed by atoms with Gasteiger partial charge in [0, 0.05) is 6.54 Å². The van der Waals surface area contributed by atoms with E-state index in [2.05, 4.69) is 32.6 Å². The highest BCUT2D eigenvalue weighted by molar-refractivity contribution is 4.63. The van der Waals surface area contributed by atoms with E-state index in [1.165, 1.54) is 45.3 Å². The third kappa shape index (κ3) is 6.09. The summed E-state index contributed by atoms with van der Waals surface area (Å²) in [7, 11) is 0. The fraction of sp³-hybridized carbons (Fsp3) is 1.00. The van der Waals surface area contributed by atoms with E-state index in [9.17, 15) is 0 Å². The summed E-state index contributed by atoms with van der Waals surface area (Å²) in [5.41, 5.74) is 0. The van der Waals surface area contributed by atoms with Crippen molar-refractivity contribution in [1.29, 1.82) is 0 Å². The Morgan fingerprint density at radius 3 is 2.00 bits per heavy atom. The van der Waals surface area contributed by atoms with E-state index in [1.54, 1.807) is 0 Å². The summed E-state index contributed by atoms with van der Waals surface area (Å²) < 4.78 is 0. The SMILES string of the molecule is CCCCC(CC)CN(CC)CC. The minimum absolute atomic E-state index is 0.930. The van der Waals surface area contributed by atoms with Crippen LogP contribution in [0, 0.1) is 5.92 Å². The average molecular weight is 185 g/mol. The largest absolute Gasteiger partial charge is 0.304 e. The predicted molar refractivity (Wildman–Crippen MR) is 61.1 cm³/mol. The van der Waals surface area contributed by atoms with E-state index < -0.39 is 0 Å². The molecule has 0 amide bonds. The van der Waals surface area contributed by atoms with Crippen LogP contribution in [0.1, 0.15) is 53.4 Å². The first-order valence-electron chi connectivity index (χ1n) is 6.00. The van der Waals surface area contributed by atoms with E-state index in [1.807, 2.05) is 0 Å². The Bertz CT molecular complexity index is 97.3. The monoisotopic (exact) mass is 185 g/mol. The zero-order valence-corrected chi connectivity index (χ0v) is 9.97. The number of hydrogen-bond donors (Lipinski definition) is 0. The zero-order valence-electron chi connectivity index (χ0n) is 9.97. The molecule has 0 rings (SSSR count). The quantitative estimate of drug-likeness (QED) is 0.559. The van der Waals surface area contributed by atoms with Crippen LogP contribution in [0.5, 0.6) is 0 Å². The lowest BCUT2D eigenvalue weighted by molar-refractivity contribution is 0.238. The topological polar surface area (TPSA) is 3.24 Å². The van der Waals surface area contributed by atoms with Crippen LogP contribution in [0.3, 0.4) is 0 Å². The van der Waals surface area contributed by atoms with E-state index in [4.69, 9.17) is 0 Å². The van der Waals surface area contributed by atoms with Crippen molar-refractivity contribution in [2.75, 3.05) is 19.6 Å². The minimum Gasteiger partial charge on any atom is -0.304 e. The highest BCUT2D eigenvalue weighted by atomic mass is 15.1. The first-order valence-corrected chi connectivity index (χ1v) is 6.00. The summed E-state index contributed by atoms with van der Waals surface area (Å²) in [5.74, 6) is 0.930. The van der Waals surface area contributed by atoms with Crippen molar-refractivity contribution in [1.82, 2.24) is 4.90 Å². The lowest BCUT2D eigenvalue weighted by atomic mass is 9.99. The molecule has 0 aliphatic rings. The molecule has 1 unspecified atom stereocenters. The van der Waals surface area contributed by atoms with E-state index in [0.29, 0.717) is 0 Å². The van der Waals surface area contributed by atoms with Crippen LogP contribution in [0.25, 0.3) is 0 Å². The van der Waals surface area contributed by atoms with Gasteiger partial charge in [-0.2, -0.15) is 0 Å². The van der Waals surface area contributed by atoms with Crippen LogP contribution in [-0.2, 0) is 0 Å². The molecule has 0 spiro atoms. The molecular formula is C12H27N. The van der Waals surface area contributed by atoms with Crippen LogP contribution in [-0.4, -0.2) is 24.5 Å². The molecule has 0 aromatic rings. The molecule has 0 aromatic carbocycles. The predicted octanol–water partition coefficient (Wildman–Crippen LogP) is 3.54. The van der Waals surface area contributed by atoms with Crippen molar-refractivity contribution in [2.45, 2.75) is 53.4 Å². The van der Waals surface area contributed by atoms with Crippen LogP contribution < -0.4 is 0 Å². The molecule has 0 aliphatic carbocycles. The summed E-state index contributed by atoms with van der Waals surface area (Å²) in [6.45, 7) is 12.8. The summed E-state index contributed by atoms with van der Waals surface area (Å²) in [6, 6.07) is 0. The van der Waals surface area contributed by atoms with Crippen molar-refractivity contribution in [3.05, 3.63) is 0 Å². The van der Waals surface area contributed by atoms with Gasteiger partial charge in [-0.1, -0.05) is 47.0 Å². The van der Waals surface area contributed by atoms with Gasteiger partial charge in [-0.15, -0.1) is 0 Å². The lowest BCUT2D eigenvalue weighted by Gasteiger charge is -2.24. The molecule has 0 aliphatic heterocycles. The van der Waals surface area contributed by atoms with E-state index in [0.717, 1.165) is 5.92 Å². The Kier molecular flexibility index (Phi) is 8.53. The second-order valence-corrected chi connectivity index (χ2v) is 3.90. The van der Waals surface area contributed by atoms with Gasteiger partial charge < -0.3 is 4.90 Å². The van der Waals surface area contributed by atoms with Crippen molar-refractivity contribution in [2.24, 2.45) is 5.92 Å². The highest BCUT2D eigenvalue weighted by Crippen LogP contribution is 2.13. The third-order valence-electron chi connectivity index (χ3n) is 2.95. The average Bonchev–Trinajstić information content (AvgIpc) is 2.19. The number of nitrogens with zero attached hydrogens (tertiary/aromatic N) is 1. The van der Waals surface area contributed by atoms with Gasteiger partial charge in [0.25, 0.3) is 0 Å². The van der Waals surface area contributed by atoms with Gasteiger partial charge in [-0.05, 0) is 25.4 Å². The maximum Gasteiger partial charge on any atom is 0.000932 e. The maximum atomic E-state index is 2.55. The summed E-state index contributed by atoms with van der Waals surface area (Å²) in [5, 5.41) is 0. The summed E-state index contributed by atoms with van der Waals surface area (Å²) in [4.78, 5) is 2.55. The van der Waals surface area contributed by atoms with Crippen LogP contribution in [0.4, 0.5) is 0 Å². The van der Waals surface area contributed by atoms with Crippen LogP contribution in [0.15, 0.2) is 0 Å². The summed E-state index contributed by atoms with van der Waals surface area (Å²) >= 11 is 0. The van der Waals surface area contributed by atoms with Crippen molar-refractivity contribution >= 4 is 0 Å². The Hall–Kier alpha value is -0.0400. The standard InChI is InChI=1S/C12H27N/c1-5-9-10-12(6-2)11-13(7-3)8-4/h12H,5-11H2,1-4H3. The molecule has 1 heteroatoms. The number of rotatable bonds is 8. The Balaban J connectivity index is 3.67. The first kappa shape index (κ1) is 13.0. The fourth-order valence-electron chi connectivity index (χ4n) is 1.76. The van der Waals surface area contributed by atoms with Crippen LogP contribution >= 0.6 is 0 Å². The maximum absolute atomic E-state index is 2.55. The van der Waals surface area contributed by atoms with E-state index in [-0.39, 0.29) is 0 Å². The van der Waals surface area contributed by atoms with Gasteiger partial charge in [0.15, 0.2) is 0 Å². The summed E-state index contributed by atoms with van der Waals surface area (Å²) in [6.07, 6.45) is 5.51. The third-order valence-corrected chi connectivity index (χ3v) is 2.95. The first-order chi connectivity index (χ1) is 6.28. The van der Waals surface area contributed by atoms with Gasteiger partial charge in [-0.3, -0.25) is 0 Å². The second kappa shape index (κ2) is 8.55. The molecule has 1 atom stereocenters. The molecule has 80 valence electrons. The molecule has 0 N–H and O–H groups in total. The van der Waals surface area contributed by atoms with Crippen molar-refractivity contribution in [3.63, 3.8) is 0 Å². The Morgan fingerprint density at radius 1 is 1.00 bits per heavy atom. The Morgan fingerprint density at radius 2 is 1.62 bits per heavy atom. The normalized spacial score (nSPS) is 13.6. The van der Waals surface area contributed by atoms with Crippen molar-refractivity contribution in [3.8, 4) is 0 Å². The van der Waals surface area contributed by atoms with Gasteiger partial charge in [0.1, 0.15) is 0 Å². The molecule has 0 heterocycles. The van der Waals surface area contributed by atoms with Crippen molar-refractivity contribution < 1.29 is 0 Å². The second-order valence-electron chi connectivity index (χ2n) is 3.90. The Labute approximate surface area is 84.5 Å². The molecule has 1 nitrogen and oxygen atoms in total. The molecule has 13 heavy (non-hydrogen) atoms. The fourth-order valence-corrected chi connectivity index (χ4v) is 1.76. The number of hydrogen-bond acceptors (Lipinski definition) is 1. The highest BCUT2D eigenvalue weighted by Gasteiger charge is 2.09. The molecular weight excluding hydrogens is 158 g/mol. The molecule has 0 fully saturated rings. The van der Waals surface area contributed by atoms with Gasteiger partial charge in [0.2, 0.25) is 0 Å². The van der Waals surface area contributed by atoms with Gasteiger partial charge >= 0.3 is 0 Å². The van der Waals surface area contributed by atoms with Gasteiger partial charge in [-0.25, -0.2) is 0 Å². The van der Waals surface area contributed by atoms with Gasteiger partial charge in [0.05, 0.1) is 0 Å². The minimum atomic E-state index is 0.930. The molecule has 0 bridgehead atoms. The molecule has 0 saturated heterocycles. The zero-order chi connectivity index (χ0) is 10.1. The molecule has 0 radical (unpaired) electrons. The lowest BCUT2D eigenvalue weighted by Crippen LogP contribution is -2.29. The number of unbranched alkanes of at least 4 members (excludes halogenated alkanes) is 1. The smallest absolute Gasteiger partial charge is 0.000932 e. The molecule has 0 saturated carbocycles.